The second-order valence-electron chi connectivity index (χ2n) is 6.33. The van der Waals surface area contributed by atoms with Crippen LogP contribution in [-0.2, 0) is 6.54 Å². The van der Waals surface area contributed by atoms with Crippen LogP contribution in [0.25, 0.3) is 0 Å². The van der Waals surface area contributed by atoms with Crippen molar-refractivity contribution in [1.29, 1.82) is 0 Å². The zero-order valence-corrected chi connectivity index (χ0v) is 13.5. The van der Waals surface area contributed by atoms with Crippen LogP contribution < -0.4 is 5.73 Å². The number of pyridine rings is 1. The van der Waals surface area contributed by atoms with Crippen LogP contribution in [0.4, 0.5) is 0 Å². The van der Waals surface area contributed by atoms with E-state index in [0.29, 0.717) is 6.04 Å². The predicted octanol–water partition coefficient (Wildman–Crippen LogP) is 1.36. The number of likely N-dealkylation sites (tertiary alicyclic amines) is 1. The number of nitrogens with two attached hydrogens (primary N) is 1. The molecule has 2 N–H and O–H groups in total. The molecule has 2 aliphatic rings. The molecule has 5 nitrogen and oxygen atoms in total. The Kier molecular flexibility index (Phi) is 4.95. The molecule has 0 amide bonds. The van der Waals surface area contributed by atoms with Crippen molar-refractivity contribution in [3.63, 3.8) is 0 Å². The Morgan fingerprint density at radius 3 is 2.77 bits per heavy atom. The molecule has 120 valence electrons. The fourth-order valence-corrected chi connectivity index (χ4v) is 3.38. The molecule has 0 spiro atoms. The molecule has 1 saturated heterocycles. The lowest BCUT2D eigenvalue weighted by atomic mass is 10.0. The van der Waals surface area contributed by atoms with Gasteiger partial charge in [0.25, 0.3) is 0 Å². The Morgan fingerprint density at radius 2 is 2.05 bits per heavy atom. The van der Waals surface area contributed by atoms with Crippen molar-refractivity contribution < 1.29 is 0 Å². The summed E-state index contributed by atoms with van der Waals surface area (Å²) < 4.78 is 0. The van der Waals surface area contributed by atoms with Gasteiger partial charge in [-0.1, -0.05) is 6.07 Å². The van der Waals surface area contributed by atoms with Gasteiger partial charge < -0.3 is 20.4 Å². The van der Waals surface area contributed by atoms with Crippen molar-refractivity contribution in [3.8, 4) is 0 Å². The van der Waals surface area contributed by atoms with Gasteiger partial charge in [0, 0.05) is 50.3 Å². The molecule has 1 aromatic rings. The molecule has 0 aliphatic carbocycles. The van der Waals surface area contributed by atoms with Gasteiger partial charge in [0.1, 0.15) is 0 Å². The number of nitrogens with zero attached hydrogens (tertiary/aromatic N) is 4. The first kappa shape index (κ1) is 15.3. The quantitative estimate of drug-likeness (QED) is 0.890. The summed E-state index contributed by atoms with van der Waals surface area (Å²) in [4.78, 5) is 11.9. The lowest BCUT2D eigenvalue weighted by Gasteiger charge is -2.37. The van der Waals surface area contributed by atoms with Crippen molar-refractivity contribution in [2.24, 2.45) is 5.73 Å². The maximum Gasteiger partial charge on any atom is 0.0900 e. The third-order valence-corrected chi connectivity index (χ3v) is 4.60. The minimum absolute atomic E-state index is 0.667. The van der Waals surface area contributed by atoms with Gasteiger partial charge in [0.2, 0.25) is 0 Å². The molecule has 0 bridgehead atoms. The SMILES string of the molecule is Cc1cccc(CN2C=CN(C3CCN(CCN)CC3)C2)n1. The number of rotatable bonds is 5. The summed E-state index contributed by atoms with van der Waals surface area (Å²) in [5, 5.41) is 0. The smallest absolute Gasteiger partial charge is 0.0900 e. The molecule has 0 saturated carbocycles. The third-order valence-electron chi connectivity index (χ3n) is 4.60. The second kappa shape index (κ2) is 7.11. The minimum atomic E-state index is 0.667. The van der Waals surface area contributed by atoms with Gasteiger partial charge in [-0.3, -0.25) is 4.98 Å². The van der Waals surface area contributed by atoms with E-state index in [0.717, 1.165) is 37.7 Å². The molecule has 1 aromatic heterocycles. The van der Waals surface area contributed by atoms with Gasteiger partial charge in [-0.25, -0.2) is 0 Å². The average Bonchev–Trinajstić information content (AvgIpc) is 2.97. The number of aryl methyl sites for hydroxylation is 1. The summed E-state index contributed by atoms with van der Waals surface area (Å²) in [6.45, 7) is 8.07. The first-order valence-electron chi connectivity index (χ1n) is 8.27. The lowest BCUT2D eigenvalue weighted by molar-refractivity contribution is 0.124. The van der Waals surface area contributed by atoms with Crippen LogP contribution >= 0.6 is 0 Å². The van der Waals surface area contributed by atoms with E-state index in [1.54, 1.807) is 0 Å². The van der Waals surface area contributed by atoms with E-state index in [-0.39, 0.29) is 0 Å². The first-order chi connectivity index (χ1) is 10.7. The van der Waals surface area contributed by atoms with E-state index in [2.05, 4.69) is 44.2 Å². The Hall–Kier alpha value is -1.59. The van der Waals surface area contributed by atoms with Crippen LogP contribution in [-0.4, -0.2) is 58.6 Å². The second-order valence-corrected chi connectivity index (χ2v) is 6.33. The fraction of sp³-hybridized carbons (Fsp3) is 0.588. The maximum atomic E-state index is 5.64. The predicted molar refractivity (Wildman–Crippen MR) is 88.9 cm³/mol. The molecular formula is C17H27N5. The number of piperidine rings is 1. The standard InChI is InChI=1S/C17H27N5/c1-15-3-2-4-16(19-15)13-21-11-12-22(14-21)17-5-8-20(9-6-17)10-7-18/h2-4,11-12,17H,5-10,13-14,18H2,1H3. The molecule has 5 heteroatoms. The Balaban J connectivity index is 1.48. The van der Waals surface area contributed by atoms with Crippen LogP contribution in [0.15, 0.2) is 30.6 Å². The van der Waals surface area contributed by atoms with E-state index in [9.17, 15) is 0 Å². The zero-order valence-electron chi connectivity index (χ0n) is 13.5. The number of hydrogen-bond acceptors (Lipinski definition) is 5. The summed E-state index contributed by atoms with van der Waals surface area (Å²) in [5.41, 5.74) is 7.87. The van der Waals surface area contributed by atoms with Gasteiger partial charge in [0.15, 0.2) is 0 Å². The normalized spacial score (nSPS) is 20.1. The van der Waals surface area contributed by atoms with Gasteiger partial charge in [-0.2, -0.15) is 0 Å². The van der Waals surface area contributed by atoms with E-state index < -0.39 is 0 Å². The topological polar surface area (TPSA) is 48.6 Å². The van der Waals surface area contributed by atoms with Crippen molar-refractivity contribution in [3.05, 3.63) is 42.0 Å². The van der Waals surface area contributed by atoms with Crippen molar-refractivity contribution in [2.75, 3.05) is 32.8 Å². The average molecular weight is 301 g/mol. The highest BCUT2D eigenvalue weighted by Gasteiger charge is 2.25. The fourth-order valence-electron chi connectivity index (χ4n) is 3.38. The molecule has 3 heterocycles. The van der Waals surface area contributed by atoms with Crippen LogP contribution in [0.2, 0.25) is 0 Å². The Labute approximate surface area is 133 Å². The maximum absolute atomic E-state index is 5.64. The van der Waals surface area contributed by atoms with Crippen molar-refractivity contribution in [2.45, 2.75) is 32.4 Å². The largest absolute Gasteiger partial charge is 0.356 e. The van der Waals surface area contributed by atoms with Gasteiger partial charge in [-0.15, -0.1) is 0 Å². The highest BCUT2D eigenvalue weighted by Crippen LogP contribution is 2.21. The Bertz CT molecular complexity index is 508. The summed E-state index contributed by atoms with van der Waals surface area (Å²) in [5.74, 6) is 0. The molecule has 0 aromatic carbocycles. The summed E-state index contributed by atoms with van der Waals surface area (Å²) in [7, 11) is 0. The number of hydrogen-bond donors (Lipinski definition) is 1. The third kappa shape index (κ3) is 3.78. The molecule has 1 fully saturated rings. The summed E-state index contributed by atoms with van der Waals surface area (Å²) >= 11 is 0. The van der Waals surface area contributed by atoms with E-state index in [1.165, 1.54) is 25.9 Å². The van der Waals surface area contributed by atoms with Crippen LogP contribution in [0.5, 0.6) is 0 Å². The van der Waals surface area contributed by atoms with Crippen molar-refractivity contribution in [1.82, 2.24) is 19.7 Å². The molecule has 22 heavy (non-hydrogen) atoms. The van der Waals surface area contributed by atoms with Gasteiger partial charge in [0.05, 0.1) is 18.9 Å². The van der Waals surface area contributed by atoms with E-state index in [4.69, 9.17) is 5.73 Å². The van der Waals surface area contributed by atoms with Crippen LogP contribution in [0.1, 0.15) is 24.2 Å². The van der Waals surface area contributed by atoms with Gasteiger partial charge in [-0.05, 0) is 31.9 Å². The molecule has 0 unspecified atom stereocenters. The summed E-state index contributed by atoms with van der Waals surface area (Å²) in [6.07, 6.45) is 6.93. The van der Waals surface area contributed by atoms with Gasteiger partial charge >= 0.3 is 0 Å². The van der Waals surface area contributed by atoms with Crippen LogP contribution in [0.3, 0.4) is 0 Å². The molecular weight excluding hydrogens is 274 g/mol. The highest BCUT2D eigenvalue weighted by atomic mass is 15.4. The van der Waals surface area contributed by atoms with Crippen molar-refractivity contribution >= 4 is 0 Å². The highest BCUT2D eigenvalue weighted by molar-refractivity contribution is 5.11. The van der Waals surface area contributed by atoms with E-state index >= 15 is 0 Å². The zero-order chi connectivity index (χ0) is 15.4. The first-order valence-corrected chi connectivity index (χ1v) is 8.27. The Morgan fingerprint density at radius 1 is 1.23 bits per heavy atom. The number of aromatic nitrogens is 1. The van der Waals surface area contributed by atoms with E-state index in [1.807, 2.05) is 13.0 Å². The molecule has 3 rings (SSSR count). The molecule has 2 aliphatic heterocycles. The monoisotopic (exact) mass is 301 g/mol. The molecule has 0 radical (unpaired) electrons. The lowest BCUT2D eigenvalue weighted by Crippen LogP contribution is -2.44. The summed E-state index contributed by atoms with van der Waals surface area (Å²) in [6, 6.07) is 6.91. The molecule has 0 atom stereocenters. The minimum Gasteiger partial charge on any atom is -0.356 e. The van der Waals surface area contributed by atoms with Crippen LogP contribution in [0, 0.1) is 6.92 Å².